The zero-order valence-corrected chi connectivity index (χ0v) is 16.9. The maximum atomic E-state index is 12.6. The second-order valence-electron chi connectivity index (χ2n) is 7.01. The van der Waals surface area contributed by atoms with Gasteiger partial charge in [-0.2, -0.15) is 0 Å². The number of carbonyl (C=O) groups excluding carboxylic acids is 1. The lowest BCUT2D eigenvalue weighted by Gasteiger charge is -2.25. The second kappa shape index (κ2) is 8.16. The largest absolute Gasteiger partial charge is 0.361 e. The summed E-state index contributed by atoms with van der Waals surface area (Å²) < 4.78 is 22.7. The van der Waals surface area contributed by atoms with Crippen molar-refractivity contribution in [3.8, 4) is 0 Å². The number of primary sulfonamides is 1. The van der Waals surface area contributed by atoms with Crippen LogP contribution in [0.1, 0.15) is 36.9 Å². The third-order valence-corrected chi connectivity index (χ3v) is 6.11. The molecule has 0 aliphatic rings. The monoisotopic (exact) mass is 399 g/mol. The minimum atomic E-state index is -3.71. The van der Waals surface area contributed by atoms with Crippen molar-refractivity contribution >= 4 is 26.8 Å². The molecule has 0 fully saturated rings. The summed E-state index contributed by atoms with van der Waals surface area (Å²) >= 11 is 0. The Hall–Kier alpha value is -2.64. The summed E-state index contributed by atoms with van der Waals surface area (Å²) in [7, 11) is -1.94. The number of hydrogen-bond acceptors (Lipinski definition) is 3. The maximum absolute atomic E-state index is 12.6. The van der Waals surface area contributed by atoms with E-state index in [2.05, 4.69) is 11.1 Å². The van der Waals surface area contributed by atoms with E-state index in [1.54, 1.807) is 24.1 Å². The van der Waals surface area contributed by atoms with Gasteiger partial charge in [-0.3, -0.25) is 4.79 Å². The quantitative estimate of drug-likeness (QED) is 0.637. The van der Waals surface area contributed by atoms with Crippen molar-refractivity contribution in [2.24, 2.45) is 5.14 Å². The number of fused-ring (bicyclic) bond motifs is 1. The molecule has 1 unspecified atom stereocenters. The zero-order valence-electron chi connectivity index (χ0n) is 16.1. The first kappa shape index (κ1) is 20.1. The van der Waals surface area contributed by atoms with Gasteiger partial charge in [-0.1, -0.05) is 30.3 Å². The molecule has 0 spiro atoms. The summed E-state index contributed by atoms with van der Waals surface area (Å²) in [4.78, 5) is 17.6. The number of aryl methyl sites for hydroxylation is 1. The van der Waals surface area contributed by atoms with E-state index in [1.807, 2.05) is 31.3 Å². The summed E-state index contributed by atoms with van der Waals surface area (Å²) in [5.41, 5.74) is 3.19. The highest BCUT2D eigenvalue weighted by Crippen LogP contribution is 2.23. The van der Waals surface area contributed by atoms with Crippen LogP contribution in [0.4, 0.5) is 0 Å². The number of nitrogens with zero attached hydrogens (tertiary/aromatic N) is 1. The Bertz CT molecular complexity index is 1070. The first-order valence-electron chi connectivity index (χ1n) is 9.21. The van der Waals surface area contributed by atoms with Crippen LogP contribution in [0.5, 0.6) is 0 Å². The Labute approximate surface area is 165 Å². The number of aromatic amines is 1. The lowest BCUT2D eigenvalue weighted by atomic mass is 10.0. The molecule has 3 aromatic rings. The fraction of sp³-hybridized carbons (Fsp3) is 0.286. The first-order valence-corrected chi connectivity index (χ1v) is 10.8. The Kier molecular flexibility index (Phi) is 5.86. The molecule has 0 aliphatic heterocycles. The number of sulfonamides is 1. The fourth-order valence-electron chi connectivity index (χ4n) is 3.32. The van der Waals surface area contributed by atoms with Gasteiger partial charge in [0.2, 0.25) is 15.9 Å². The van der Waals surface area contributed by atoms with Gasteiger partial charge in [0.25, 0.3) is 0 Å². The van der Waals surface area contributed by atoms with Crippen molar-refractivity contribution in [2.45, 2.75) is 37.1 Å². The number of nitrogens with two attached hydrogens (primary N) is 1. The number of para-hydroxylation sites is 1. The molecular weight excluding hydrogens is 374 g/mol. The molecule has 2 aromatic carbocycles. The third-order valence-electron chi connectivity index (χ3n) is 5.18. The summed E-state index contributed by atoms with van der Waals surface area (Å²) in [6.45, 7) is 1.92. The third kappa shape index (κ3) is 4.43. The molecule has 7 heteroatoms. The van der Waals surface area contributed by atoms with Gasteiger partial charge < -0.3 is 9.88 Å². The van der Waals surface area contributed by atoms with E-state index >= 15 is 0 Å². The van der Waals surface area contributed by atoms with Crippen LogP contribution >= 0.6 is 0 Å². The molecule has 0 saturated heterocycles. The van der Waals surface area contributed by atoms with Crippen LogP contribution in [-0.2, 0) is 21.2 Å². The predicted octanol–water partition coefficient (Wildman–Crippen LogP) is 3.36. The van der Waals surface area contributed by atoms with E-state index in [4.69, 9.17) is 5.14 Å². The number of carbonyl (C=O) groups is 1. The molecule has 1 heterocycles. The summed E-state index contributed by atoms with van der Waals surface area (Å²) in [5, 5.41) is 6.33. The second-order valence-corrected chi connectivity index (χ2v) is 8.57. The zero-order chi connectivity index (χ0) is 20.3. The van der Waals surface area contributed by atoms with Crippen LogP contribution in [0.25, 0.3) is 10.9 Å². The van der Waals surface area contributed by atoms with Crippen molar-refractivity contribution in [3.05, 3.63) is 65.9 Å². The van der Waals surface area contributed by atoms with E-state index in [0.717, 1.165) is 23.9 Å². The van der Waals surface area contributed by atoms with E-state index < -0.39 is 10.0 Å². The van der Waals surface area contributed by atoms with Gasteiger partial charge in [0.15, 0.2) is 0 Å². The van der Waals surface area contributed by atoms with E-state index in [9.17, 15) is 13.2 Å². The molecule has 1 atom stereocenters. The standard InChI is InChI=1S/C21H25N3O3S/c1-15(16-10-12-18(13-11-16)28(22,26)27)24(2)21(25)9-5-6-17-14-23-20-8-4-3-7-19(17)20/h3-4,7-8,10-15,23H,5-6,9H2,1-2H3,(H2,22,26,27). The molecule has 0 aliphatic carbocycles. The van der Waals surface area contributed by atoms with Crippen molar-refractivity contribution in [1.29, 1.82) is 0 Å². The van der Waals surface area contributed by atoms with Gasteiger partial charge in [0.1, 0.15) is 0 Å². The molecule has 3 N–H and O–H groups in total. The minimum Gasteiger partial charge on any atom is -0.361 e. The summed E-state index contributed by atoms with van der Waals surface area (Å²) in [6, 6.07) is 14.3. The molecular formula is C21H25N3O3S. The van der Waals surface area contributed by atoms with Gasteiger partial charge in [-0.05, 0) is 49.1 Å². The van der Waals surface area contributed by atoms with Crippen molar-refractivity contribution < 1.29 is 13.2 Å². The Morgan fingerprint density at radius 3 is 2.50 bits per heavy atom. The lowest BCUT2D eigenvalue weighted by Crippen LogP contribution is -2.29. The normalized spacial score (nSPS) is 12.8. The molecule has 0 bridgehead atoms. The maximum Gasteiger partial charge on any atom is 0.238 e. The van der Waals surface area contributed by atoms with Gasteiger partial charge in [0, 0.05) is 30.6 Å². The molecule has 148 valence electrons. The van der Waals surface area contributed by atoms with Crippen LogP contribution in [0, 0.1) is 0 Å². The highest BCUT2D eigenvalue weighted by atomic mass is 32.2. The Morgan fingerprint density at radius 2 is 1.82 bits per heavy atom. The molecule has 0 radical (unpaired) electrons. The van der Waals surface area contributed by atoms with E-state index in [0.29, 0.717) is 6.42 Å². The summed E-state index contributed by atoms with van der Waals surface area (Å²) in [6.07, 6.45) is 4.06. The number of rotatable bonds is 7. The average Bonchev–Trinajstić information content (AvgIpc) is 3.09. The van der Waals surface area contributed by atoms with Gasteiger partial charge >= 0.3 is 0 Å². The number of hydrogen-bond donors (Lipinski definition) is 2. The molecule has 1 aromatic heterocycles. The number of H-pyrrole nitrogens is 1. The van der Waals surface area contributed by atoms with Gasteiger partial charge in [0.05, 0.1) is 10.9 Å². The fourth-order valence-corrected chi connectivity index (χ4v) is 3.84. The van der Waals surface area contributed by atoms with Crippen LogP contribution in [0.3, 0.4) is 0 Å². The SMILES string of the molecule is CC(c1ccc(S(N)(=O)=O)cc1)N(C)C(=O)CCCc1c[nH]c2ccccc12. The highest BCUT2D eigenvalue weighted by Gasteiger charge is 2.18. The molecule has 28 heavy (non-hydrogen) atoms. The molecule has 3 rings (SSSR count). The van der Waals surface area contributed by atoms with Crippen LogP contribution in [0.2, 0.25) is 0 Å². The van der Waals surface area contributed by atoms with Gasteiger partial charge in [-0.25, -0.2) is 13.6 Å². The van der Waals surface area contributed by atoms with Crippen LogP contribution in [-0.4, -0.2) is 31.3 Å². The topological polar surface area (TPSA) is 96.3 Å². The number of nitrogens with one attached hydrogen (secondary N) is 1. The molecule has 1 amide bonds. The van der Waals surface area contributed by atoms with E-state index in [1.165, 1.54) is 23.1 Å². The minimum absolute atomic E-state index is 0.0582. The van der Waals surface area contributed by atoms with Crippen molar-refractivity contribution in [1.82, 2.24) is 9.88 Å². The first-order chi connectivity index (χ1) is 13.3. The van der Waals surface area contributed by atoms with Crippen molar-refractivity contribution in [2.75, 3.05) is 7.05 Å². The highest BCUT2D eigenvalue weighted by molar-refractivity contribution is 7.89. The molecule has 6 nitrogen and oxygen atoms in total. The average molecular weight is 400 g/mol. The van der Waals surface area contributed by atoms with Crippen LogP contribution in [0.15, 0.2) is 59.6 Å². The lowest BCUT2D eigenvalue weighted by molar-refractivity contribution is -0.131. The van der Waals surface area contributed by atoms with Gasteiger partial charge in [-0.15, -0.1) is 0 Å². The Balaban J connectivity index is 1.57. The van der Waals surface area contributed by atoms with Crippen molar-refractivity contribution in [3.63, 3.8) is 0 Å². The van der Waals surface area contributed by atoms with E-state index in [-0.39, 0.29) is 16.8 Å². The number of aromatic nitrogens is 1. The predicted molar refractivity (Wildman–Crippen MR) is 110 cm³/mol. The Morgan fingerprint density at radius 1 is 1.14 bits per heavy atom. The smallest absolute Gasteiger partial charge is 0.238 e. The number of benzene rings is 2. The summed E-state index contributed by atoms with van der Waals surface area (Å²) in [5.74, 6) is 0.0582. The molecule has 0 saturated carbocycles. The van der Waals surface area contributed by atoms with Crippen LogP contribution < -0.4 is 5.14 Å². The number of amides is 1.